The molecule has 1 atom stereocenters. The molecule has 21 heavy (non-hydrogen) atoms. The molecule has 0 amide bonds. The molecule has 0 bridgehead atoms. The number of halogens is 3. The minimum absolute atomic E-state index is 0.188. The molecule has 0 radical (unpaired) electrons. The first-order valence-electron chi connectivity index (χ1n) is 7.33. The molecule has 0 aliphatic carbocycles. The van der Waals surface area contributed by atoms with Crippen molar-refractivity contribution >= 4 is 5.78 Å². The van der Waals surface area contributed by atoms with Gasteiger partial charge in [-0.3, -0.25) is 9.78 Å². The van der Waals surface area contributed by atoms with Crippen LogP contribution >= 0.6 is 0 Å². The van der Waals surface area contributed by atoms with Gasteiger partial charge in [-0.2, -0.15) is 13.2 Å². The number of hydrogen-bond donors (Lipinski definition) is 0. The second-order valence-electron chi connectivity index (χ2n) is 5.11. The van der Waals surface area contributed by atoms with Crippen molar-refractivity contribution in [2.24, 2.45) is 5.92 Å². The van der Waals surface area contributed by atoms with Gasteiger partial charge in [0.1, 0.15) is 5.69 Å². The van der Waals surface area contributed by atoms with E-state index in [0.29, 0.717) is 19.0 Å². The van der Waals surface area contributed by atoms with Crippen LogP contribution < -0.4 is 0 Å². The molecule has 1 aromatic heterocycles. The molecule has 0 spiro atoms. The van der Waals surface area contributed by atoms with E-state index in [9.17, 15) is 18.0 Å². The summed E-state index contributed by atoms with van der Waals surface area (Å²) in [6, 6.07) is 0. The van der Waals surface area contributed by atoms with E-state index in [1.165, 1.54) is 0 Å². The van der Waals surface area contributed by atoms with Crippen molar-refractivity contribution in [1.82, 2.24) is 9.97 Å². The molecule has 0 saturated heterocycles. The molecule has 1 unspecified atom stereocenters. The molecular formula is C15H21F3N2O. The molecule has 118 valence electrons. The predicted octanol–water partition coefficient (Wildman–Crippen LogP) is 4.67. The molecule has 0 N–H and O–H groups in total. The Kier molecular flexibility index (Phi) is 6.78. The summed E-state index contributed by atoms with van der Waals surface area (Å²) in [6.45, 7) is 3.96. The third-order valence-corrected chi connectivity index (χ3v) is 3.45. The first-order chi connectivity index (χ1) is 9.90. The zero-order valence-corrected chi connectivity index (χ0v) is 12.4. The van der Waals surface area contributed by atoms with E-state index >= 15 is 0 Å². The highest BCUT2D eigenvalue weighted by Gasteiger charge is 2.34. The van der Waals surface area contributed by atoms with Crippen molar-refractivity contribution in [3.63, 3.8) is 0 Å². The number of rotatable bonds is 8. The summed E-state index contributed by atoms with van der Waals surface area (Å²) in [4.78, 5) is 19.2. The standard InChI is InChI=1S/C15H21F3N2O/c1-3-5-6-7-8-11(4-2)14(21)12-9-19-10-13(20-12)15(16,17)18/h9-11H,3-8H2,1-2H3. The number of unbranched alkanes of at least 4 members (excludes halogenated alkanes) is 3. The smallest absolute Gasteiger partial charge is 0.292 e. The van der Waals surface area contributed by atoms with E-state index in [2.05, 4.69) is 16.9 Å². The number of hydrogen-bond acceptors (Lipinski definition) is 3. The van der Waals surface area contributed by atoms with Crippen molar-refractivity contribution in [2.45, 2.75) is 58.5 Å². The van der Waals surface area contributed by atoms with Crippen molar-refractivity contribution in [2.75, 3.05) is 0 Å². The Hall–Kier alpha value is -1.46. The minimum Gasteiger partial charge on any atom is -0.292 e. The van der Waals surface area contributed by atoms with Crippen LogP contribution in [0.3, 0.4) is 0 Å². The van der Waals surface area contributed by atoms with Gasteiger partial charge >= 0.3 is 6.18 Å². The van der Waals surface area contributed by atoms with Crippen LogP contribution in [0.1, 0.15) is 68.6 Å². The van der Waals surface area contributed by atoms with Crippen LogP contribution in [-0.2, 0) is 6.18 Å². The molecule has 0 aromatic carbocycles. The second kappa shape index (κ2) is 8.10. The molecule has 0 saturated carbocycles. The van der Waals surface area contributed by atoms with E-state index in [1.54, 1.807) is 0 Å². The molecule has 0 aliphatic heterocycles. The van der Waals surface area contributed by atoms with Gasteiger partial charge in [0, 0.05) is 5.92 Å². The zero-order valence-electron chi connectivity index (χ0n) is 12.4. The SMILES string of the molecule is CCCCCCC(CC)C(=O)c1cncc(C(F)(F)F)n1. The summed E-state index contributed by atoms with van der Waals surface area (Å²) in [6.07, 6.45) is 2.62. The van der Waals surface area contributed by atoms with Gasteiger partial charge in [0.2, 0.25) is 0 Å². The van der Waals surface area contributed by atoms with Crippen molar-refractivity contribution in [3.05, 3.63) is 23.8 Å². The lowest BCUT2D eigenvalue weighted by Gasteiger charge is -2.13. The molecule has 0 aliphatic rings. The Bertz CT molecular complexity index is 460. The fraction of sp³-hybridized carbons (Fsp3) is 0.667. The molecule has 1 aromatic rings. The van der Waals surface area contributed by atoms with Gasteiger partial charge in [0.05, 0.1) is 12.4 Å². The second-order valence-corrected chi connectivity index (χ2v) is 5.11. The summed E-state index contributed by atoms with van der Waals surface area (Å²) >= 11 is 0. The minimum atomic E-state index is -4.58. The van der Waals surface area contributed by atoms with E-state index in [-0.39, 0.29) is 17.4 Å². The third kappa shape index (κ3) is 5.44. The highest BCUT2D eigenvalue weighted by Crippen LogP contribution is 2.27. The Morgan fingerprint density at radius 1 is 1.19 bits per heavy atom. The normalized spacial score (nSPS) is 13.2. The van der Waals surface area contributed by atoms with Crippen molar-refractivity contribution in [1.29, 1.82) is 0 Å². The fourth-order valence-electron chi connectivity index (χ4n) is 2.17. The topological polar surface area (TPSA) is 42.9 Å². The fourth-order valence-corrected chi connectivity index (χ4v) is 2.17. The van der Waals surface area contributed by atoms with Gasteiger partial charge in [-0.05, 0) is 12.8 Å². The van der Waals surface area contributed by atoms with E-state index in [0.717, 1.165) is 31.9 Å². The van der Waals surface area contributed by atoms with Crippen LogP contribution in [-0.4, -0.2) is 15.8 Å². The maximum absolute atomic E-state index is 12.6. The first-order valence-corrected chi connectivity index (χ1v) is 7.33. The number of alkyl halides is 3. The average Bonchev–Trinajstić information content (AvgIpc) is 2.46. The Labute approximate surface area is 123 Å². The van der Waals surface area contributed by atoms with Crippen LogP contribution in [0.4, 0.5) is 13.2 Å². The lowest BCUT2D eigenvalue weighted by atomic mass is 9.92. The summed E-state index contributed by atoms with van der Waals surface area (Å²) < 4.78 is 37.8. The summed E-state index contributed by atoms with van der Waals surface area (Å²) in [5, 5.41) is 0. The quantitative estimate of drug-likeness (QED) is 0.517. The number of ketones is 1. The number of carbonyl (C=O) groups excluding carboxylic acids is 1. The van der Waals surface area contributed by atoms with Gasteiger partial charge in [0.15, 0.2) is 11.5 Å². The number of aromatic nitrogens is 2. The van der Waals surface area contributed by atoms with E-state index < -0.39 is 11.9 Å². The number of Topliss-reactive ketones (excluding diaryl/α,β-unsaturated/α-hetero) is 1. The first kappa shape index (κ1) is 17.6. The molecule has 1 heterocycles. The summed E-state index contributed by atoms with van der Waals surface area (Å²) in [7, 11) is 0. The molecule has 0 fully saturated rings. The largest absolute Gasteiger partial charge is 0.434 e. The monoisotopic (exact) mass is 302 g/mol. The Morgan fingerprint density at radius 2 is 1.90 bits per heavy atom. The van der Waals surface area contributed by atoms with Crippen molar-refractivity contribution < 1.29 is 18.0 Å². The average molecular weight is 302 g/mol. The highest BCUT2D eigenvalue weighted by atomic mass is 19.4. The van der Waals surface area contributed by atoms with Gasteiger partial charge < -0.3 is 0 Å². The highest BCUT2D eigenvalue weighted by molar-refractivity contribution is 5.95. The zero-order chi connectivity index (χ0) is 15.9. The molecule has 3 nitrogen and oxygen atoms in total. The van der Waals surface area contributed by atoms with Crippen LogP contribution in [0.15, 0.2) is 12.4 Å². The maximum atomic E-state index is 12.6. The number of nitrogens with zero attached hydrogens (tertiary/aromatic N) is 2. The lowest BCUT2D eigenvalue weighted by molar-refractivity contribution is -0.141. The number of carbonyl (C=O) groups is 1. The predicted molar refractivity (Wildman–Crippen MR) is 73.9 cm³/mol. The Morgan fingerprint density at radius 3 is 2.48 bits per heavy atom. The van der Waals surface area contributed by atoms with Gasteiger partial charge in [-0.25, -0.2) is 4.98 Å². The summed E-state index contributed by atoms with van der Waals surface area (Å²) in [5.41, 5.74) is -1.30. The van der Waals surface area contributed by atoms with Crippen LogP contribution in [0.5, 0.6) is 0 Å². The van der Waals surface area contributed by atoms with Gasteiger partial charge in [0.25, 0.3) is 0 Å². The van der Waals surface area contributed by atoms with Crippen LogP contribution in [0.25, 0.3) is 0 Å². The van der Waals surface area contributed by atoms with Gasteiger partial charge in [-0.1, -0.05) is 39.5 Å². The lowest BCUT2D eigenvalue weighted by Crippen LogP contribution is -2.18. The van der Waals surface area contributed by atoms with Crippen LogP contribution in [0.2, 0.25) is 0 Å². The Balaban J connectivity index is 2.76. The van der Waals surface area contributed by atoms with Gasteiger partial charge in [-0.15, -0.1) is 0 Å². The van der Waals surface area contributed by atoms with Crippen LogP contribution in [0, 0.1) is 5.92 Å². The molecule has 6 heteroatoms. The third-order valence-electron chi connectivity index (χ3n) is 3.45. The van der Waals surface area contributed by atoms with E-state index in [4.69, 9.17) is 0 Å². The molecular weight excluding hydrogens is 281 g/mol. The van der Waals surface area contributed by atoms with Crippen molar-refractivity contribution in [3.8, 4) is 0 Å². The summed E-state index contributed by atoms with van der Waals surface area (Å²) in [5.74, 6) is -0.618. The molecule has 1 rings (SSSR count). The van der Waals surface area contributed by atoms with E-state index in [1.807, 2.05) is 6.92 Å². The maximum Gasteiger partial charge on any atom is 0.434 e.